The lowest BCUT2D eigenvalue weighted by molar-refractivity contribution is 0.0601. The molecule has 1 saturated heterocycles. The number of ether oxygens (including phenoxy) is 1. The van der Waals surface area contributed by atoms with Gasteiger partial charge in [0, 0.05) is 13.1 Å². The van der Waals surface area contributed by atoms with Crippen LogP contribution in [-0.2, 0) is 14.9 Å². The highest BCUT2D eigenvalue weighted by Gasteiger charge is 2.28. The van der Waals surface area contributed by atoms with Crippen LogP contribution in [0.3, 0.4) is 0 Å². The van der Waals surface area contributed by atoms with Gasteiger partial charge in [-0.05, 0) is 18.2 Å². The Morgan fingerprint density at radius 3 is 2.82 bits per heavy atom. The Morgan fingerprint density at radius 2 is 2.24 bits per heavy atom. The van der Waals surface area contributed by atoms with Gasteiger partial charge in [-0.25, -0.2) is 4.79 Å². The highest BCUT2D eigenvalue weighted by Crippen LogP contribution is 2.21. The van der Waals surface area contributed by atoms with Crippen LogP contribution in [0.5, 0.6) is 0 Å². The molecule has 0 bridgehead atoms. The largest absolute Gasteiger partial charge is 0.465 e. The van der Waals surface area contributed by atoms with Crippen molar-refractivity contribution in [1.29, 1.82) is 0 Å². The van der Waals surface area contributed by atoms with Gasteiger partial charge in [0.1, 0.15) is 0 Å². The number of methoxy groups -OCH3 is 1. The SMILES string of the molecule is COC(=O)c1cccc(N2CCNS2(=O)=O)c1. The molecular weight excluding hydrogens is 244 g/mol. The molecule has 1 aliphatic heterocycles. The van der Waals surface area contributed by atoms with E-state index in [1.807, 2.05) is 0 Å². The van der Waals surface area contributed by atoms with Gasteiger partial charge >= 0.3 is 16.2 Å². The van der Waals surface area contributed by atoms with E-state index >= 15 is 0 Å². The Morgan fingerprint density at radius 1 is 1.47 bits per heavy atom. The standard InChI is InChI=1S/C10H12N2O4S/c1-16-10(13)8-3-2-4-9(7-8)12-6-5-11-17(12,14)15/h2-4,7,11H,5-6H2,1H3. The fourth-order valence-electron chi connectivity index (χ4n) is 1.65. The van der Waals surface area contributed by atoms with E-state index in [0.717, 1.165) is 0 Å². The normalized spacial score (nSPS) is 18.1. The Kier molecular flexibility index (Phi) is 3.03. The monoisotopic (exact) mass is 256 g/mol. The summed E-state index contributed by atoms with van der Waals surface area (Å²) in [5.74, 6) is -0.489. The summed E-state index contributed by atoms with van der Waals surface area (Å²) in [4.78, 5) is 11.3. The van der Waals surface area contributed by atoms with Crippen molar-refractivity contribution in [2.24, 2.45) is 0 Å². The molecule has 1 heterocycles. The first-order valence-corrected chi connectivity index (χ1v) is 6.44. The predicted octanol–water partition coefficient (Wildman–Crippen LogP) is 0.128. The maximum absolute atomic E-state index is 11.6. The Balaban J connectivity index is 2.37. The zero-order valence-corrected chi connectivity index (χ0v) is 10.0. The molecule has 0 aliphatic carbocycles. The highest BCUT2D eigenvalue weighted by molar-refractivity contribution is 7.91. The Hall–Kier alpha value is -1.60. The minimum atomic E-state index is -3.46. The average Bonchev–Trinajstić information content (AvgIpc) is 2.68. The first-order valence-electron chi connectivity index (χ1n) is 5.00. The first-order chi connectivity index (χ1) is 8.04. The summed E-state index contributed by atoms with van der Waals surface area (Å²) in [5.41, 5.74) is 0.782. The zero-order chi connectivity index (χ0) is 12.5. The van der Waals surface area contributed by atoms with Crippen LogP contribution in [0.2, 0.25) is 0 Å². The van der Waals surface area contributed by atoms with Gasteiger partial charge in [-0.3, -0.25) is 4.31 Å². The van der Waals surface area contributed by atoms with Gasteiger partial charge < -0.3 is 4.74 Å². The van der Waals surface area contributed by atoms with E-state index in [9.17, 15) is 13.2 Å². The van der Waals surface area contributed by atoms with Gasteiger partial charge in [0.2, 0.25) is 0 Å². The molecule has 7 heteroatoms. The first kappa shape index (κ1) is 11.9. The van der Waals surface area contributed by atoms with E-state index < -0.39 is 16.2 Å². The van der Waals surface area contributed by atoms with Gasteiger partial charge in [0.05, 0.1) is 18.4 Å². The van der Waals surface area contributed by atoms with Crippen LogP contribution in [0.15, 0.2) is 24.3 Å². The lowest BCUT2D eigenvalue weighted by Crippen LogP contribution is -2.29. The summed E-state index contributed by atoms with van der Waals surface area (Å²) >= 11 is 0. The number of carbonyl (C=O) groups excluding carboxylic acids is 1. The lowest BCUT2D eigenvalue weighted by atomic mass is 10.2. The van der Waals surface area contributed by atoms with Crippen LogP contribution in [0.25, 0.3) is 0 Å². The van der Waals surface area contributed by atoms with Crippen LogP contribution in [-0.4, -0.2) is 34.6 Å². The van der Waals surface area contributed by atoms with Crippen molar-refractivity contribution in [3.05, 3.63) is 29.8 Å². The molecule has 2 rings (SSSR count). The maximum Gasteiger partial charge on any atom is 0.337 e. The minimum absolute atomic E-state index is 0.326. The van der Waals surface area contributed by atoms with Crippen molar-refractivity contribution < 1.29 is 17.9 Å². The average molecular weight is 256 g/mol. The summed E-state index contributed by atoms with van der Waals surface area (Å²) in [6.07, 6.45) is 0. The van der Waals surface area contributed by atoms with Gasteiger partial charge in [-0.15, -0.1) is 0 Å². The van der Waals surface area contributed by atoms with E-state index in [-0.39, 0.29) is 0 Å². The molecule has 0 atom stereocenters. The lowest BCUT2D eigenvalue weighted by Gasteiger charge is -2.16. The van der Waals surface area contributed by atoms with Crippen LogP contribution in [0, 0.1) is 0 Å². The molecule has 0 unspecified atom stereocenters. The molecule has 1 aromatic carbocycles. The smallest absolute Gasteiger partial charge is 0.337 e. The van der Waals surface area contributed by atoms with Crippen LogP contribution < -0.4 is 9.03 Å². The predicted molar refractivity (Wildman–Crippen MR) is 62.1 cm³/mol. The van der Waals surface area contributed by atoms with Crippen molar-refractivity contribution >= 4 is 21.9 Å². The quantitative estimate of drug-likeness (QED) is 0.763. The van der Waals surface area contributed by atoms with Crippen LogP contribution in [0.4, 0.5) is 5.69 Å². The summed E-state index contributed by atoms with van der Waals surface area (Å²) in [7, 11) is -2.18. The fraction of sp³-hybridized carbons (Fsp3) is 0.300. The number of carbonyl (C=O) groups is 1. The third-order valence-corrected chi connectivity index (χ3v) is 3.99. The molecule has 0 amide bonds. The summed E-state index contributed by atoms with van der Waals surface area (Å²) in [5, 5.41) is 0. The second-order valence-corrected chi connectivity index (χ2v) is 5.19. The highest BCUT2D eigenvalue weighted by atomic mass is 32.2. The Bertz CT molecular complexity index is 541. The minimum Gasteiger partial charge on any atom is -0.465 e. The third-order valence-electron chi connectivity index (χ3n) is 2.44. The fourth-order valence-corrected chi connectivity index (χ4v) is 2.88. The van der Waals surface area contributed by atoms with Crippen molar-refractivity contribution in [3.63, 3.8) is 0 Å². The number of anilines is 1. The van der Waals surface area contributed by atoms with Crippen molar-refractivity contribution in [1.82, 2.24) is 4.72 Å². The van der Waals surface area contributed by atoms with Gasteiger partial charge in [-0.2, -0.15) is 13.1 Å². The summed E-state index contributed by atoms with van der Waals surface area (Å²) in [6.45, 7) is 0.720. The number of benzene rings is 1. The van der Waals surface area contributed by atoms with Crippen LogP contribution >= 0.6 is 0 Å². The molecule has 1 fully saturated rings. The molecule has 0 saturated carbocycles. The number of hydrogen-bond acceptors (Lipinski definition) is 4. The van der Waals surface area contributed by atoms with Gasteiger partial charge in [0.25, 0.3) is 0 Å². The molecule has 1 aromatic rings. The van der Waals surface area contributed by atoms with Crippen molar-refractivity contribution in [2.75, 3.05) is 24.5 Å². The second kappa shape index (κ2) is 4.34. The van der Waals surface area contributed by atoms with Crippen molar-refractivity contribution in [3.8, 4) is 0 Å². The summed E-state index contributed by atoms with van der Waals surface area (Å²) in [6, 6.07) is 6.33. The van der Waals surface area contributed by atoms with E-state index in [1.54, 1.807) is 18.2 Å². The number of nitrogens with one attached hydrogen (secondary N) is 1. The molecule has 17 heavy (non-hydrogen) atoms. The zero-order valence-electron chi connectivity index (χ0n) is 9.21. The number of nitrogens with zero attached hydrogens (tertiary/aromatic N) is 1. The molecule has 1 aliphatic rings. The molecule has 0 spiro atoms. The van der Waals surface area contributed by atoms with Crippen LogP contribution in [0.1, 0.15) is 10.4 Å². The van der Waals surface area contributed by atoms with E-state index in [0.29, 0.717) is 24.3 Å². The second-order valence-electron chi connectivity index (χ2n) is 3.51. The molecule has 0 radical (unpaired) electrons. The van der Waals surface area contributed by atoms with E-state index in [4.69, 9.17) is 0 Å². The number of rotatable bonds is 2. The molecular formula is C10H12N2O4S. The molecule has 92 valence electrons. The molecule has 6 nitrogen and oxygen atoms in total. The van der Waals surface area contributed by atoms with Gasteiger partial charge in [-0.1, -0.05) is 6.07 Å². The van der Waals surface area contributed by atoms with Crippen molar-refractivity contribution in [2.45, 2.75) is 0 Å². The topological polar surface area (TPSA) is 75.7 Å². The molecule has 0 aromatic heterocycles. The number of hydrogen-bond donors (Lipinski definition) is 1. The van der Waals surface area contributed by atoms with E-state index in [2.05, 4.69) is 9.46 Å². The Labute approximate surface area is 99.4 Å². The van der Waals surface area contributed by atoms with E-state index in [1.165, 1.54) is 17.5 Å². The number of esters is 1. The maximum atomic E-state index is 11.6. The third kappa shape index (κ3) is 2.25. The van der Waals surface area contributed by atoms with Gasteiger partial charge in [0.15, 0.2) is 0 Å². The summed E-state index contributed by atoms with van der Waals surface area (Å²) < 4.78 is 31.4. The molecule has 1 N–H and O–H groups in total.